The van der Waals surface area contributed by atoms with E-state index < -0.39 is 0 Å². The second-order valence-electron chi connectivity index (χ2n) is 9.41. The van der Waals surface area contributed by atoms with E-state index in [1.807, 2.05) is 6.92 Å². The molecule has 0 rings (SSSR count). The first-order valence-electron chi connectivity index (χ1n) is 13.5. The SMILES string of the molecule is CCCCCCCCCCCCCCOC(=O)C(C)=CC(C)CCCCCCCC. The smallest absolute Gasteiger partial charge is 0.333 e. The van der Waals surface area contributed by atoms with Crippen LogP contribution in [-0.2, 0) is 9.53 Å². The van der Waals surface area contributed by atoms with Crippen LogP contribution in [0.2, 0.25) is 0 Å². The molecule has 0 amide bonds. The molecule has 0 saturated carbocycles. The highest BCUT2D eigenvalue weighted by Gasteiger charge is 2.08. The zero-order valence-corrected chi connectivity index (χ0v) is 21.1. The highest BCUT2D eigenvalue weighted by molar-refractivity contribution is 5.87. The number of rotatable bonds is 22. The zero-order chi connectivity index (χ0) is 22.3. The van der Waals surface area contributed by atoms with Crippen molar-refractivity contribution in [3.8, 4) is 0 Å². The second-order valence-corrected chi connectivity index (χ2v) is 9.41. The Kier molecular flexibility index (Phi) is 22.3. The Bertz CT molecular complexity index is 399. The van der Waals surface area contributed by atoms with Gasteiger partial charge in [-0.15, -0.1) is 0 Å². The highest BCUT2D eigenvalue weighted by Crippen LogP contribution is 2.15. The molecule has 0 N–H and O–H groups in total. The van der Waals surface area contributed by atoms with Gasteiger partial charge in [0.05, 0.1) is 6.61 Å². The van der Waals surface area contributed by atoms with Crippen molar-refractivity contribution in [2.75, 3.05) is 6.61 Å². The van der Waals surface area contributed by atoms with E-state index in [9.17, 15) is 4.79 Å². The quantitative estimate of drug-likeness (QED) is 0.0985. The van der Waals surface area contributed by atoms with Gasteiger partial charge in [-0.2, -0.15) is 0 Å². The van der Waals surface area contributed by atoms with Crippen molar-refractivity contribution in [3.63, 3.8) is 0 Å². The lowest BCUT2D eigenvalue weighted by Crippen LogP contribution is -2.08. The first-order valence-corrected chi connectivity index (χ1v) is 13.5. The van der Waals surface area contributed by atoms with Crippen molar-refractivity contribution in [2.45, 2.75) is 150 Å². The summed E-state index contributed by atoms with van der Waals surface area (Å²) in [6, 6.07) is 0. The van der Waals surface area contributed by atoms with Gasteiger partial charge in [0.15, 0.2) is 0 Å². The molecule has 0 bridgehead atoms. The normalized spacial score (nSPS) is 12.9. The molecule has 0 radical (unpaired) electrons. The first kappa shape index (κ1) is 29.2. The molecule has 0 saturated heterocycles. The van der Waals surface area contributed by atoms with Crippen LogP contribution in [0, 0.1) is 5.92 Å². The van der Waals surface area contributed by atoms with Crippen molar-refractivity contribution in [1.29, 1.82) is 0 Å². The fourth-order valence-corrected chi connectivity index (χ4v) is 4.05. The molecule has 2 nitrogen and oxygen atoms in total. The molecule has 1 atom stereocenters. The van der Waals surface area contributed by atoms with Gasteiger partial charge in [-0.25, -0.2) is 4.79 Å². The monoisotopic (exact) mass is 422 g/mol. The molecular formula is C28H54O2. The Balaban J connectivity index is 3.54. The summed E-state index contributed by atoms with van der Waals surface area (Å²) in [5.41, 5.74) is 0.785. The predicted octanol–water partition coefficient (Wildman–Crippen LogP) is 9.56. The van der Waals surface area contributed by atoms with E-state index in [4.69, 9.17) is 4.74 Å². The van der Waals surface area contributed by atoms with Crippen LogP contribution in [0.25, 0.3) is 0 Å². The summed E-state index contributed by atoms with van der Waals surface area (Å²) in [4.78, 5) is 12.1. The van der Waals surface area contributed by atoms with Crippen molar-refractivity contribution in [2.24, 2.45) is 5.92 Å². The molecule has 0 spiro atoms. The van der Waals surface area contributed by atoms with E-state index in [2.05, 4.69) is 26.8 Å². The lowest BCUT2D eigenvalue weighted by atomic mass is 9.99. The maximum atomic E-state index is 12.1. The van der Waals surface area contributed by atoms with Crippen molar-refractivity contribution < 1.29 is 9.53 Å². The number of hydrogen-bond donors (Lipinski definition) is 0. The second kappa shape index (κ2) is 22.9. The van der Waals surface area contributed by atoms with Crippen LogP contribution >= 0.6 is 0 Å². The summed E-state index contributed by atoms with van der Waals surface area (Å²) in [5, 5.41) is 0. The van der Waals surface area contributed by atoms with Gasteiger partial charge in [0.1, 0.15) is 0 Å². The van der Waals surface area contributed by atoms with E-state index in [1.54, 1.807) is 0 Å². The Hall–Kier alpha value is -0.790. The Morgan fingerprint density at radius 2 is 1.07 bits per heavy atom. The van der Waals surface area contributed by atoms with Gasteiger partial charge in [0, 0.05) is 5.57 Å². The average Bonchev–Trinajstić information content (AvgIpc) is 2.73. The molecule has 0 aromatic carbocycles. The number of carbonyl (C=O) groups excluding carboxylic acids is 1. The van der Waals surface area contributed by atoms with Crippen LogP contribution in [0.15, 0.2) is 11.6 Å². The lowest BCUT2D eigenvalue weighted by molar-refractivity contribution is -0.139. The topological polar surface area (TPSA) is 26.3 Å². The van der Waals surface area contributed by atoms with Gasteiger partial charge < -0.3 is 4.74 Å². The van der Waals surface area contributed by atoms with Gasteiger partial charge in [0.25, 0.3) is 0 Å². The summed E-state index contributed by atoms with van der Waals surface area (Å²) in [6.45, 7) is 9.23. The van der Waals surface area contributed by atoms with Gasteiger partial charge in [-0.05, 0) is 25.7 Å². The summed E-state index contributed by atoms with van der Waals surface area (Å²) in [7, 11) is 0. The molecule has 0 aliphatic rings. The standard InChI is InChI=1S/C28H54O2/c1-5-7-9-11-13-14-15-16-17-18-20-22-24-30-28(29)27(4)25-26(3)23-21-19-12-10-8-6-2/h25-26H,5-24H2,1-4H3. The van der Waals surface area contributed by atoms with Crippen molar-refractivity contribution in [3.05, 3.63) is 11.6 Å². The molecule has 0 aliphatic carbocycles. The minimum Gasteiger partial charge on any atom is -0.462 e. The number of carbonyl (C=O) groups is 1. The molecule has 0 aromatic rings. The van der Waals surface area contributed by atoms with Crippen LogP contribution in [0.4, 0.5) is 0 Å². The van der Waals surface area contributed by atoms with E-state index in [1.165, 1.54) is 116 Å². The predicted molar refractivity (Wildman–Crippen MR) is 133 cm³/mol. The molecule has 30 heavy (non-hydrogen) atoms. The van der Waals surface area contributed by atoms with Crippen LogP contribution in [0.3, 0.4) is 0 Å². The molecular weight excluding hydrogens is 368 g/mol. The summed E-state index contributed by atoms with van der Waals surface area (Å²) in [6.07, 6.45) is 27.2. The molecule has 0 aromatic heterocycles. The zero-order valence-electron chi connectivity index (χ0n) is 21.1. The van der Waals surface area contributed by atoms with Crippen LogP contribution in [0.1, 0.15) is 150 Å². The summed E-state index contributed by atoms with van der Waals surface area (Å²) >= 11 is 0. The van der Waals surface area contributed by atoms with E-state index in [0.717, 1.165) is 12.0 Å². The molecule has 1 unspecified atom stereocenters. The number of ether oxygens (including phenoxy) is 1. The molecule has 2 heteroatoms. The number of esters is 1. The van der Waals surface area contributed by atoms with Gasteiger partial charge >= 0.3 is 5.97 Å². The third kappa shape index (κ3) is 20.5. The molecule has 178 valence electrons. The van der Waals surface area contributed by atoms with Crippen molar-refractivity contribution in [1.82, 2.24) is 0 Å². The van der Waals surface area contributed by atoms with Crippen LogP contribution in [-0.4, -0.2) is 12.6 Å². The van der Waals surface area contributed by atoms with Gasteiger partial charge in [-0.3, -0.25) is 0 Å². The number of unbranched alkanes of at least 4 members (excludes halogenated alkanes) is 16. The number of hydrogen-bond acceptors (Lipinski definition) is 2. The molecule has 0 heterocycles. The lowest BCUT2D eigenvalue weighted by Gasteiger charge is -2.09. The van der Waals surface area contributed by atoms with Crippen LogP contribution in [0.5, 0.6) is 0 Å². The van der Waals surface area contributed by atoms with E-state index in [0.29, 0.717) is 12.5 Å². The largest absolute Gasteiger partial charge is 0.462 e. The average molecular weight is 423 g/mol. The third-order valence-electron chi connectivity index (χ3n) is 6.10. The summed E-state index contributed by atoms with van der Waals surface area (Å²) < 4.78 is 5.46. The highest BCUT2D eigenvalue weighted by atomic mass is 16.5. The Morgan fingerprint density at radius 1 is 0.667 bits per heavy atom. The van der Waals surface area contributed by atoms with E-state index in [-0.39, 0.29) is 5.97 Å². The first-order chi connectivity index (χ1) is 14.6. The minimum absolute atomic E-state index is 0.118. The third-order valence-corrected chi connectivity index (χ3v) is 6.10. The summed E-state index contributed by atoms with van der Waals surface area (Å²) in [5.74, 6) is 0.350. The number of allylic oxidation sites excluding steroid dienone is 1. The fourth-order valence-electron chi connectivity index (χ4n) is 4.05. The maximum absolute atomic E-state index is 12.1. The minimum atomic E-state index is -0.118. The molecule has 0 fully saturated rings. The van der Waals surface area contributed by atoms with Gasteiger partial charge in [-0.1, -0.05) is 136 Å². The van der Waals surface area contributed by atoms with Crippen molar-refractivity contribution >= 4 is 5.97 Å². The van der Waals surface area contributed by atoms with E-state index >= 15 is 0 Å². The Labute approximate surface area is 189 Å². The Morgan fingerprint density at radius 3 is 1.53 bits per heavy atom. The maximum Gasteiger partial charge on any atom is 0.333 e. The van der Waals surface area contributed by atoms with Gasteiger partial charge in [0.2, 0.25) is 0 Å². The fraction of sp³-hybridized carbons (Fsp3) is 0.893. The van der Waals surface area contributed by atoms with Crippen LogP contribution < -0.4 is 0 Å². The molecule has 0 aliphatic heterocycles.